The van der Waals surface area contributed by atoms with Crippen LogP contribution in [0.2, 0.25) is 0 Å². The Labute approximate surface area is 369 Å². The third-order valence-corrected chi connectivity index (χ3v) is 15.2. The summed E-state index contributed by atoms with van der Waals surface area (Å²) in [5.74, 6) is 0. The van der Waals surface area contributed by atoms with Crippen molar-refractivity contribution >= 4 is 80.9 Å². The van der Waals surface area contributed by atoms with E-state index in [1.54, 1.807) is 0 Å². The molecule has 0 N–H and O–H groups in total. The third kappa shape index (κ3) is 4.76. The lowest BCUT2D eigenvalue weighted by Crippen LogP contribution is -2.26. The van der Waals surface area contributed by atoms with E-state index >= 15 is 0 Å². The zero-order valence-electron chi connectivity index (χ0n) is 34.2. The van der Waals surface area contributed by atoms with Crippen molar-refractivity contribution in [2.24, 2.45) is 0 Å². The molecule has 11 aromatic carbocycles. The zero-order chi connectivity index (χ0) is 41.2. The Morgan fingerprint density at radius 2 is 0.730 bits per heavy atom. The van der Waals surface area contributed by atoms with Crippen LogP contribution in [0.5, 0.6) is 0 Å². The molecule has 1 nitrogen and oxygen atoms in total. The first-order valence-electron chi connectivity index (χ1n) is 21.8. The quantitative estimate of drug-likeness (QED) is 0.160. The summed E-state index contributed by atoms with van der Waals surface area (Å²) in [6.07, 6.45) is 0. The van der Waals surface area contributed by atoms with Crippen LogP contribution in [0.3, 0.4) is 0 Å². The lowest BCUT2D eigenvalue weighted by molar-refractivity contribution is 0.793. The van der Waals surface area contributed by atoms with Crippen LogP contribution in [0.4, 0.5) is 17.1 Å². The van der Waals surface area contributed by atoms with Crippen molar-refractivity contribution in [3.8, 4) is 33.4 Å². The van der Waals surface area contributed by atoms with Gasteiger partial charge in [-0.05, 0) is 125 Å². The molecule has 292 valence electrons. The molecule has 2 heteroatoms. The van der Waals surface area contributed by atoms with Crippen LogP contribution in [-0.2, 0) is 5.41 Å². The van der Waals surface area contributed by atoms with Crippen LogP contribution in [0, 0.1) is 0 Å². The summed E-state index contributed by atoms with van der Waals surface area (Å²) in [5.41, 5.74) is 15.9. The molecule has 14 rings (SSSR count). The fourth-order valence-corrected chi connectivity index (χ4v) is 12.6. The molecule has 0 unspecified atom stereocenters. The molecule has 1 heterocycles. The highest BCUT2D eigenvalue weighted by Gasteiger charge is 2.51. The summed E-state index contributed by atoms with van der Waals surface area (Å²) in [7, 11) is 0. The van der Waals surface area contributed by atoms with Gasteiger partial charge in [-0.25, -0.2) is 0 Å². The van der Waals surface area contributed by atoms with E-state index < -0.39 is 5.41 Å². The summed E-state index contributed by atoms with van der Waals surface area (Å²) >= 11 is 1.87. The van der Waals surface area contributed by atoms with E-state index in [0.29, 0.717) is 0 Å². The van der Waals surface area contributed by atoms with Gasteiger partial charge in [0.05, 0.1) is 11.1 Å². The van der Waals surface area contributed by atoms with Crippen LogP contribution in [0.1, 0.15) is 22.3 Å². The van der Waals surface area contributed by atoms with E-state index in [0.717, 1.165) is 17.1 Å². The molecule has 1 aromatic heterocycles. The Morgan fingerprint density at radius 1 is 0.286 bits per heavy atom. The molecule has 12 aromatic rings. The van der Waals surface area contributed by atoms with Gasteiger partial charge in [0.2, 0.25) is 0 Å². The Kier molecular flexibility index (Phi) is 7.26. The Hall–Kier alpha value is -7.78. The molecule has 0 atom stereocenters. The molecule has 0 fully saturated rings. The highest BCUT2D eigenvalue weighted by atomic mass is 32.1. The van der Waals surface area contributed by atoms with Crippen LogP contribution >= 0.6 is 11.3 Å². The predicted octanol–water partition coefficient (Wildman–Crippen LogP) is 17.0. The minimum atomic E-state index is -0.453. The second-order valence-corrected chi connectivity index (χ2v) is 18.2. The fraction of sp³-hybridized carbons (Fsp3) is 0.0164. The maximum Gasteiger partial charge on any atom is 0.0726 e. The molecule has 0 saturated carbocycles. The van der Waals surface area contributed by atoms with Crippen molar-refractivity contribution in [3.05, 3.63) is 247 Å². The van der Waals surface area contributed by atoms with E-state index in [4.69, 9.17) is 0 Å². The number of rotatable bonds is 4. The molecule has 0 amide bonds. The minimum Gasteiger partial charge on any atom is -0.310 e. The minimum absolute atomic E-state index is 0.453. The summed E-state index contributed by atoms with van der Waals surface area (Å²) in [6.45, 7) is 0. The van der Waals surface area contributed by atoms with E-state index in [2.05, 4.69) is 229 Å². The van der Waals surface area contributed by atoms with Crippen molar-refractivity contribution in [1.29, 1.82) is 0 Å². The van der Waals surface area contributed by atoms with Gasteiger partial charge >= 0.3 is 0 Å². The van der Waals surface area contributed by atoms with Gasteiger partial charge in [0.15, 0.2) is 0 Å². The van der Waals surface area contributed by atoms with Gasteiger partial charge in [-0.1, -0.05) is 182 Å². The Balaban J connectivity index is 1.06. The normalized spacial score (nSPS) is 13.2. The third-order valence-electron chi connectivity index (χ3n) is 14.1. The zero-order valence-corrected chi connectivity index (χ0v) is 35.0. The molecular formula is C61H37NS. The number of para-hydroxylation sites is 1. The molecule has 2 aliphatic rings. The maximum atomic E-state index is 2.53. The molecule has 0 aliphatic heterocycles. The van der Waals surface area contributed by atoms with E-state index in [9.17, 15) is 0 Å². The first-order chi connectivity index (χ1) is 31.3. The average Bonchev–Trinajstić information content (AvgIpc) is 3.98. The summed E-state index contributed by atoms with van der Waals surface area (Å²) in [6, 6.07) is 84.2. The van der Waals surface area contributed by atoms with E-state index in [1.807, 2.05) is 11.3 Å². The SMILES string of the molecule is c1ccc(N(c2ccc3c(c2)C2(c4ccccc4-c4ccccc42)c2ccccc2-3)c2ccc3c4ccccc4c4ccccc4c3c2)c(-c2ccc3c(c2)sc2ccccc23)c1. The monoisotopic (exact) mass is 815 g/mol. The Bertz CT molecular complexity index is 3790. The van der Waals surface area contributed by atoms with Gasteiger partial charge in [-0.3, -0.25) is 0 Å². The van der Waals surface area contributed by atoms with Crippen LogP contribution in [0.15, 0.2) is 224 Å². The lowest BCUT2D eigenvalue weighted by Gasteiger charge is -2.33. The highest BCUT2D eigenvalue weighted by molar-refractivity contribution is 7.25. The van der Waals surface area contributed by atoms with Crippen LogP contribution in [0.25, 0.3) is 85.9 Å². The molecular weight excluding hydrogens is 779 g/mol. The average molecular weight is 816 g/mol. The fourth-order valence-electron chi connectivity index (χ4n) is 11.5. The van der Waals surface area contributed by atoms with Gasteiger partial charge in [-0.2, -0.15) is 0 Å². The summed E-state index contributed by atoms with van der Waals surface area (Å²) in [4.78, 5) is 2.53. The van der Waals surface area contributed by atoms with Crippen molar-refractivity contribution in [1.82, 2.24) is 0 Å². The molecule has 0 saturated heterocycles. The number of fused-ring (bicyclic) bond motifs is 19. The van der Waals surface area contributed by atoms with Crippen molar-refractivity contribution < 1.29 is 0 Å². The second kappa shape index (κ2) is 13.1. The number of thiophene rings is 1. The number of anilines is 3. The van der Waals surface area contributed by atoms with Gasteiger partial charge < -0.3 is 4.90 Å². The molecule has 0 bridgehead atoms. The highest BCUT2D eigenvalue weighted by Crippen LogP contribution is 2.63. The number of nitrogens with zero attached hydrogens (tertiary/aromatic N) is 1. The van der Waals surface area contributed by atoms with Gasteiger partial charge in [0.25, 0.3) is 0 Å². The lowest BCUT2D eigenvalue weighted by atomic mass is 9.70. The molecule has 63 heavy (non-hydrogen) atoms. The van der Waals surface area contributed by atoms with Crippen LogP contribution in [-0.4, -0.2) is 0 Å². The van der Waals surface area contributed by atoms with Crippen molar-refractivity contribution in [2.45, 2.75) is 5.41 Å². The number of hydrogen-bond acceptors (Lipinski definition) is 2. The molecule has 2 aliphatic carbocycles. The van der Waals surface area contributed by atoms with Gasteiger partial charge in [0.1, 0.15) is 0 Å². The maximum absolute atomic E-state index is 2.53. The summed E-state index contributed by atoms with van der Waals surface area (Å²) < 4.78 is 2.62. The van der Waals surface area contributed by atoms with E-state index in [-0.39, 0.29) is 0 Å². The van der Waals surface area contributed by atoms with Gasteiger partial charge in [-0.15, -0.1) is 11.3 Å². The Morgan fingerprint density at radius 3 is 1.38 bits per heavy atom. The summed E-state index contributed by atoms with van der Waals surface area (Å²) in [5, 5.41) is 10.2. The predicted molar refractivity (Wildman–Crippen MR) is 268 cm³/mol. The van der Waals surface area contributed by atoms with Gasteiger partial charge in [0, 0.05) is 37.1 Å². The van der Waals surface area contributed by atoms with E-state index in [1.165, 1.54) is 108 Å². The first kappa shape index (κ1) is 34.9. The van der Waals surface area contributed by atoms with Crippen molar-refractivity contribution in [3.63, 3.8) is 0 Å². The molecule has 1 spiro atoms. The van der Waals surface area contributed by atoms with Crippen LogP contribution < -0.4 is 4.90 Å². The largest absolute Gasteiger partial charge is 0.310 e. The number of hydrogen-bond donors (Lipinski definition) is 0. The number of benzene rings is 11. The first-order valence-corrected chi connectivity index (χ1v) is 22.7. The topological polar surface area (TPSA) is 3.24 Å². The second-order valence-electron chi connectivity index (χ2n) is 17.1. The molecule has 0 radical (unpaired) electrons. The van der Waals surface area contributed by atoms with Crippen molar-refractivity contribution in [2.75, 3.05) is 4.90 Å². The standard InChI is InChI=1S/C61H37NS/c1-2-18-44-42(16-1)43-17-3-4-19-45(43)53-36-39(30-33-46(44)53)62(58-27-13-8-15-41(58)38-29-32-52-51-23-9-14-28-59(51)63-60(52)35-38)40-31-34-50-49-22-7-12-26-56(49)61(57(50)37-40)54-24-10-5-20-47(54)48-21-6-11-25-55(48)61/h1-37H. The smallest absolute Gasteiger partial charge is 0.0726 e.